The summed E-state index contributed by atoms with van der Waals surface area (Å²) in [6.07, 6.45) is 0.965. The molecular weight excluding hydrogens is 202 g/mol. The predicted molar refractivity (Wildman–Crippen MR) is 64.9 cm³/mol. The first-order valence-corrected chi connectivity index (χ1v) is 5.45. The highest BCUT2D eigenvalue weighted by atomic mass is 16.5. The van der Waals surface area contributed by atoms with E-state index in [0.29, 0.717) is 24.0 Å². The van der Waals surface area contributed by atoms with E-state index >= 15 is 0 Å². The third-order valence-corrected chi connectivity index (χ3v) is 2.22. The number of hydrogen-bond donors (Lipinski definition) is 2. The van der Waals surface area contributed by atoms with Gasteiger partial charge in [0.1, 0.15) is 5.84 Å². The molecular formula is C12H19N3O. The Hall–Kier alpha value is -1.58. The van der Waals surface area contributed by atoms with E-state index in [1.165, 1.54) is 0 Å². The van der Waals surface area contributed by atoms with Gasteiger partial charge in [-0.25, -0.2) is 4.98 Å². The molecule has 1 heterocycles. The molecule has 1 aromatic rings. The van der Waals surface area contributed by atoms with Crippen LogP contribution in [0.5, 0.6) is 5.88 Å². The summed E-state index contributed by atoms with van der Waals surface area (Å²) in [4.78, 5) is 4.25. The zero-order valence-corrected chi connectivity index (χ0v) is 10.1. The monoisotopic (exact) mass is 221 g/mol. The highest BCUT2D eigenvalue weighted by Crippen LogP contribution is 2.16. The van der Waals surface area contributed by atoms with Crippen LogP contribution in [-0.2, 0) is 0 Å². The Morgan fingerprint density at radius 3 is 2.75 bits per heavy atom. The molecule has 0 aliphatic heterocycles. The van der Waals surface area contributed by atoms with Crippen LogP contribution in [0.2, 0.25) is 0 Å². The topological polar surface area (TPSA) is 72.0 Å². The van der Waals surface area contributed by atoms with E-state index in [4.69, 9.17) is 15.9 Å². The number of pyridine rings is 1. The van der Waals surface area contributed by atoms with Crippen molar-refractivity contribution in [2.45, 2.75) is 27.2 Å². The van der Waals surface area contributed by atoms with Gasteiger partial charge < -0.3 is 10.5 Å². The third-order valence-electron chi connectivity index (χ3n) is 2.22. The van der Waals surface area contributed by atoms with Gasteiger partial charge in [-0.1, -0.05) is 13.8 Å². The van der Waals surface area contributed by atoms with Crippen LogP contribution in [0.15, 0.2) is 12.1 Å². The largest absolute Gasteiger partial charge is 0.477 e. The standard InChI is InChI=1S/C12H19N3O/c1-8(2)6-7-16-12-10(11(13)14)5-4-9(3)15-12/h4-5,8H,6-7H2,1-3H3,(H3,13,14). The molecule has 3 N–H and O–H groups in total. The van der Waals surface area contributed by atoms with E-state index in [1.807, 2.05) is 13.0 Å². The van der Waals surface area contributed by atoms with Gasteiger partial charge in [0.2, 0.25) is 5.88 Å². The Balaban J connectivity index is 2.76. The number of hydrogen-bond acceptors (Lipinski definition) is 3. The zero-order valence-electron chi connectivity index (χ0n) is 10.1. The summed E-state index contributed by atoms with van der Waals surface area (Å²) in [5, 5.41) is 7.42. The summed E-state index contributed by atoms with van der Waals surface area (Å²) in [6, 6.07) is 3.60. The molecule has 0 aliphatic rings. The minimum Gasteiger partial charge on any atom is -0.477 e. The molecule has 1 aromatic heterocycles. The molecule has 16 heavy (non-hydrogen) atoms. The molecule has 4 heteroatoms. The van der Waals surface area contributed by atoms with Gasteiger partial charge in [-0.15, -0.1) is 0 Å². The summed E-state index contributed by atoms with van der Waals surface area (Å²) in [7, 11) is 0. The lowest BCUT2D eigenvalue weighted by Gasteiger charge is -2.11. The van der Waals surface area contributed by atoms with Crippen LogP contribution in [0, 0.1) is 18.3 Å². The van der Waals surface area contributed by atoms with E-state index in [-0.39, 0.29) is 5.84 Å². The molecule has 0 bridgehead atoms. The van der Waals surface area contributed by atoms with Crippen molar-refractivity contribution in [2.75, 3.05) is 6.61 Å². The summed E-state index contributed by atoms with van der Waals surface area (Å²) in [5.41, 5.74) is 6.89. The average Bonchev–Trinajstić information content (AvgIpc) is 2.16. The highest BCUT2D eigenvalue weighted by molar-refractivity contribution is 5.97. The average molecular weight is 221 g/mol. The Morgan fingerprint density at radius 1 is 1.50 bits per heavy atom. The van der Waals surface area contributed by atoms with Crippen LogP contribution < -0.4 is 10.5 Å². The van der Waals surface area contributed by atoms with Gasteiger partial charge in [-0.05, 0) is 31.4 Å². The van der Waals surface area contributed by atoms with Crippen LogP contribution in [0.1, 0.15) is 31.5 Å². The van der Waals surface area contributed by atoms with E-state index < -0.39 is 0 Å². The molecule has 0 atom stereocenters. The van der Waals surface area contributed by atoms with E-state index in [0.717, 1.165) is 12.1 Å². The molecule has 0 aliphatic carbocycles. The van der Waals surface area contributed by atoms with Crippen molar-refractivity contribution in [2.24, 2.45) is 11.7 Å². The molecule has 0 aromatic carbocycles. The summed E-state index contributed by atoms with van der Waals surface area (Å²) < 4.78 is 5.56. The van der Waals surface area contributed by atoms with Crippen molar-refractivity contribution in [1.82, 2.24) is 4.98 Å². The Kier molecular flexibility index (Phi) is 4.28. The Labute approximate surface area is 96.3 Å². The van der Waals surface area contributed by atoms with Gasteiger partial charge in [0.15, 0.2) is 0 Å². The van der Waals surface area contributed by atoms with Crippen molar-refractivity contribution >= 4 is 5.84 Å². The molecule has 1 rings (SSSR count). The Bertz CT molecular complexity index is 375. The maximum absolute atomic E-state index is 7.42. The molecule has 0 spiro atoms. The first-order chi connectivity index (χ1) is 7.50. The van der Waals surface area contributed by atoms with Gasteiger partial charge in [0, 0.05) is 5.69 Å². The third kappa shape index (κ3) is 3.53. The SMILES string of the molecule is Cc1ccc(C(=N)N)c(OCCC(C)C)n1. The molecule has 0 amide bonds. The normalized spacial score (nSPS) is 10.5. The van der Waals surface area contributed by atoms with E-state index in [9.17, 15) is 0 Å². The van der Waals surface area contributed by atoms with Crippen molar-refractivity contribution in [1.29, 1.82) is 5.41 Å². The molecule has 0 saturated carbocycles. The lowest BCUT2D eigenvalue weighted by atomic mass is 10.1. The maximum atomic E-state index is 7.42. The minimum absolute atomic E-state index is 0.00736. The van der Waals surface area contributed by atoms with Crippen LogP contribution >= 0.6 is 0 Å². The van der Waals surface area contributed by atoms with Crippen molar-refractivity contribution in [3.05, 3.63) is 23.4 Å². The smallest absolute Gasteiger partial charge is 0.224 e. The number of rotatable bonds is 5. The number of aromatic nitrogens is 1. The number of amidine groups is 1. The van der Waals surface area contributed by atoms with Gasteiger partial charge in [0.05, 0.1) is 12.2 Å². The summed E-state index contributed by atoms with van der Waals surface area (Å²) >= 11 is 0. The van der Waals surface area contributed by atoms with Crippen LogP contribution in [0.25, 0.3) is 0 Å². The van der Waals surface area contributed by atoms with Crippen LogP contribution in [0.3, 0.4) is 0 Å². The second-order valence-electron chi connectivity index (χ2n) is 4.25. The first kappa shape index (κ1) is 12.5. The van der Waals surface area contributed by atoms with Gasteiger partial charge in [0.25, 0.3) is 0 Å². The molecule has 0 saturated heterocycles. The van der Waals surface area contributed by atoms with Crippen molar-refractivity contribution in [3.8, 4) is 5.88 Å². The molecule has 0 fully saturated rings. The minimum atomic E-state index is -0.00736. The fourth-order valence-corrected chi connectivity index (χ4v) is 1.24. The van der Waals surface area contributed by atoms with Crippen LogP contribution in [0.4, 0.5) is 0 Å². The van der Waals surface area contributed by atoms with Gasteiger partial charge in [-0.3, -0.25) is 5.41 Å². The van der Waals surface area contributed by atoms with Crippen LogP contribution in [-0.4, -0.2) is 17.4 Å². The number of aryl methyl sites for hydroxylation is 1. The lowest BCUT2D eigenvalue weighted by Crippen LogP contribution is -2.15. The van der Waals surface area contributed by atoms with E-state index in [2.05, 4.69) is 18.8 Å². The van der Waals surface area contributed by atoms with Gasteiger partial charge >= 0.3 is 0 Å². The quantitative estimate of drug-likeness (QED) is 0.590. The molecule has 4 nitrogen and oxygen atoms in total. The second kappa shape index (κ2) is 5.49. The number of nitrogens with one attached hydrogen (secondary N) is 1. The molecule has 88 valence electrons. The lowest BCUT2D eigenvalue weighted by molar-refractivity contribution is 0.278. The maximum Gasteiger partial charge on any atom is 0.224 e. The number of ether oxygens (including phenoxy) is 1. The Morgan fingerprint density at radius 2 is 2.19 bits per heavy atom. The zero-order chi connectivity index (χ0) is 12.1. The number of nitrogens with two attached hydrogens (primary N) is 1. The second-order valence-corrected chi connectivity index (χ2v) is 4.25. The molecule has 0 radical (unpaired) electrons. The number of nitrogen functional groups attached to an aromatic ring is 1. The highest BCUT2D eigenvalue weighted by Gasteiger charge is 2.08. The van der Waals surface area contributed by atoms with Crippen molar-refractivity contribution in [3.63, 3.8) is 0 Å². The fourth-order valence-electron chi connectivity index (χ4n) is 1.24. The summed E-state index contributed by atoms with van der Waals surface area (Å²) in [5.74, 6) is 1.05. The predicted octanol–water partition coefficient (Wildman–Crippen LogP) is 2.10. The number of nitrogens with zero attached hydrogens (tertiary/aromatic N) is 1. The molecule has 0 unspecified atom stereocenters. The van der Waals surface area contributed by atoms with Crippen molar-refractivity contribution < 1.29 is 4.74 Å². The summed E-state index contributed by atoms with van der Waals surface area (Å²) in [6.45, 7) is 6.77. The van der Waals surface area contributed by atoms with Gasteiger partial charge in [-0.2, -0.15) is 0 Å². The fraction of sp³-hybridized carbons (Fsp3) is 0.500. The first-order valence-electron chi connectivity index (χ1n) is 5.45. The van der Waals surface area contributed by atoms with E-state index in [1.54, 1.807) is 6.07 Å².